The molecule has 8 nitrogen and oxygen atoms in total. The number of benzene rings is 1. The zero-order chi connectivity index (χ0) is 23.3. The van der Waals surface area contributed by atoms with Gasteiger partial charge in [0.25, 0.3) is 11.8 Å². The van der Waals surface area contributed by atoms with Crippen molar-refractivity contribution in [2.75, 3.05) is 38.2 Å². The third-order valence-electron chi connectivity index (χ3n) is 5.26. The SMILES string of the molecule is CCOCCNCC(O)CNC(=O)c1c(C)[nH]c(/C=C2\C(=O)Nc3ccc(F)cc32)c1C. The van der Waals surface area contributed by atoms with Gasteiger partial charge in [0, 0.05) is 48.9 Å². The first-order chi connectivity index (χ1) is 15.3. The molecular formula is C23H29FN4O4. The molecule has 32 heavy (non-hydrogen) atoms. The number of aromatic amines is 1. The number of aliphatic hydroxyl groups is 1. The van der Waals surface area contributed by atoms with E-state index in [2.05, 4.69) is 20.9 Å². The lowest BCUT2D eigenvalue weighted by molar-refractivity contribution is -0.110. The van der Waals surface area contributed by atoms with Crippen molar-refractivity contribution < 1.29 is 23.8 Å². The Morgan fingerprint density at radius 2 is 2.09 bits per heavy atom. The molecule has 172 valence electrons. The summed E-state index contributed by atoms with van der Waals surface area (Å²) in [6.07, 6.45) is 0.881. The molecule has 1 aliphatic heterocycles. The third kappa shape index (κ3) is 5.42. The van der Waals surface area contributed by atoms with E-state index in [1.165, 1.54) is 18.2 Å². The van der Waals surface area contributed by atoms with E-state index in [0.29, 0.717) is 65.6 Å². The fourth-order valence-corrected chi connectivity index (χ4v) is 3.64. The van der Waals surface area contributed by atoms with Crippen LogP contribution in [0.2, 0.25) is 0 Å². The van der Waals surface area contributed by atoms with Crippen LogP contribution < -0.4 is 16.0 Å². The molecule has 2 aromatic rings. The first-order valence-electron chi connectivity index (χ1n) is 10.6. The lowest BCUT2D eigenvalue weighted by Gasteiger charge is -2.13. The molecule has 0 aliphatic carbocycles. The van der Waals surface area contributed by atoms with Crippen LogP contribution in [0.1, 0.15) is 39.8 Å². The molecule has 0 fully saturated rings. The Bertz CT molecular complexity index is 1030. The van der Waals surface area contributed by atoms with Crippen LogP contribution in [0.5, 0.6) is 0 Å². The number of amides is 2. The van der Waals surface area contributed by atoms with Gasteiger partial charge < -0.3 is 30.8 Å². The van der Waals surface area contributed by atoms with Crippen molar-refractivity contribution in [2.24, 2.45) is 0 Å². The van der Waals surface area contributed by atoms with Crippen molar-refractivity contribution in [2.45, 2.75) is 26.9 Å². The van der Waals surface area contributed by atoms with Crippen LogP contribution in [-0.2, 0) is 9.53 Å². The second kappa shape index (κ2) is 10.5. The second-order valence-corrected chi connectivity index (χ2v) is 7.63. The zero-order valence-electron chi connectivity index (χ0n) is 18.5. The Hall–Kier alpha value is -3.01. The Morgan fingerprint density at radius 1 is 1.31 bits per heavy atom. The van der Waals surface area contributed by atoms with Gasteiger partial charge in [-0.25, -0.2) is 4.39 Å². The molecule has 2 amide bonds. The predicted octanol–water partition coefficient (Wildman–Crippen LogP) is 1.98. The quantitative estimate of drug-likeness (QED) is 0.284. The molecule has 1 aliphatic rings. The van der Waals surface area contributed by atoms with Gasteiger partial charge in [-0.3, -0.25) is 9.59 Å². The summed E-state index contributed by atoms with van der Waals surface area (Å²) < 4.78 is 18.9. The number of carbonyl (C=O) groups excluding carboxylic acids is 2. The maximum Gasteiger partial charge on any atom is 0.256 e. The van der Waals surface area contributed by atoms with Crippen LogP contribution in [0, 0.1) is 19.7 Å². The summed E-state index contributed by atoms with van der Waals surface area (Å²) in [5, 5.41) is 18.6. The monoisotopic (exact) mass is 444 g/mol. The normalized spacial score (nSPS) is 15.0. The van der Waals surface area contributed by atoms with Crippen LogP contribution >= 0.6 is 0 Å². The number of aryl methyl sites for hydroxylation is 1. The highest BCUT2D eigenvalue weighted by Crippen LogP contribution is 2.34. The largest absolute Gasteiger partial charge is 0.390 e. The molecule has 1 unspecified atom stereocenters. The molecule has 0 bridgehead atoms. The summed E-state index contributed by atoms with van der Waals surface area (Å²) in [6, 6.07) is 4.12. The molecule has 1 atom stereocenters. The number of carbonyl (C=O) groups is 2. The van der Waals surface area contributed by atoms with Crippen LogP contribution in [0.4, 0.5) is 10.1 Å². The van der Waals surface area contributed by atoms with Crippen LogP contribution in [0.3, 0.4) is 0 Å². The first-order valence-corrected chi connectivity index (χ1v) is 10.6. The van der Waals surface area contributed by atoms with Crippen molar-refractivity contribution in [3.05, 3.63) is 52.1 Å². The lowest BCUT2D eigenvalue weighted by atomic mass is 10.0. The third-order valence-corrected chi connectivity index (χ3v) is 5.26. The van der Waals surface area contributed by atoms with Gasteiger partial charge >= 0.3 is 0 Å². The van der Waals surface area contributed by atoms with Crippen molar-refractivity contribution >= 4 is 29.2 Å². The van der Waals surface area contributed by atoms with Crippen molar-refractivity contribution in [3.8, 4) is 0 Å². The number of aliphatic hydroxyl groups excluding tert-OH is 1. The predicted molar refractivity (Wildman–Crippen MR) is 121 cm³/mol. The fourth-order valence-electron chi connectivity index (χ4n) is 3.64. The molecule has 1 aromatic heterocycles. The molecule has 3 rings (SSSR count). The second-order valence-electron chi connectivity index (χ2n) is 7.63. The van der Waals surface area contributed by atoms with E-state index in [1.807, 2.05) is 6.92 Å². The summed E-state index contributed by atoms with van der Waals surface area (Å²) >= 11 is 0. The maximum atomic E-state index is 13.7. The van der Waals surface area contributed by atoms with E-state index in [0.717, 1.165) is 0 Å². The summed E-state index contributed by atoms with van der Waals surface area (Å²) in [5.74, 6) is -1.09. The lowest BCUT2D eigenvalue weighted by Crippen LogP contribution is -2.39. The number of fused-ring (bicyclic) bond motifs is 1. The number of aromatic nitrogens is 1. The van der Waals surface area contributed by atoms with Crippen LogP contribution in [-0.4, -0.2) is 60.9 Å². The minimum absolute atomic E-state index is 0.0933. The molecule has 0 saturated carbocycles. The summed E-state index contributed by atoms with van der Waals surface area (Å²) in [5.41, 5.74) is 3.69. The molecule has 5 N–H and O–H groups in total. The Labute approximate surface area is 186 Å². The van der Waals surface area contributed by atoms with Gasteiger partial charge in [-0.2, -0.15) is 0 Å². The smallest absolute Gasteiger partial charge is 0.256 e. The number of H-pyrrole nitrogens is 1. The summed E-state index contributed by atoms with van der Waals surface area (Å²) in [6.45, 7) is 7.70. The summed E-state index contributed by atoms with van der Waals surface area (Å²) in [4.78, 5) is 28.2. The van der Waals surface area contributed by atoms with Crippen molar-refractivity contribution in [1.82, 2.24) is 15.6 Å². The van der Waals surface area contributed by atoms with Gasteiger partial charge in [0.2, 0.25) is 0 Å². The minimum Gasteiger partial charge on any atom is -0.390 e. The van der Waals surface area contributed by atoms with Gasteiger partial charge in [-0.05, 0) is 50.6 Å². The highest BCUT2D eigenvalue weighted by atomic mass is 19.1. The van der Waals surface area contributed by atoms with Gasteiger partial charge in [0.05, 0.1) is 23.8 Å². The van der Waals surface area contributed by atoms with Gasteiger partial charge in [-0.1, -0.05) is 0 Å². The number of anilines is 1. The number of halogens is 1. The number of rotatable bonds is 10. The van der Waals surface area contributed by atoms with Gasteiger partial charge in [-0.15, -0.1) is 0 Å². The number of nitrogens with one attached hydrogen (secondary N) is 4. The molecule has 9 heteroatoms. The molecule has 1 aromatic carbocycles. The van der Waals surface area contributed by atoms with E-state index in [4.69, 9.17) is 4.74 Å². The van der Waals surface area contributed by atoms with Crippen molar-refractivity contribution in [3.63, 3.8) is 0 Å². The average Bonchev–Trinajstić information content (AvgIpc) is 3.21. The number of hydrogen-bond donors (Lipinski definition) is 5. The topological polar surface area (TPSA) is 115 Å². The molecular weight excluding hydrogens is 415 g/mol. The zero-order valence-corrected chi connectivity index (χ0v) is 18.5. The Balaban J connectivity index is 1.68. The number of hydrogen-bond acceptors (Lipinski definition) is 5. The average molecular weight is 445 g/mol. The van der Waals surface area contributed by atoms with Gasteiger partial charge in [0.1, 0.15) is 5.82 Å². The Kier molecular flexibility index (Phi) is 7.79. The van der Waals surface area contributed by atoms with Crippen LogP contribution in [0.25, 0.3) is 11.6 Å². The number of ether oxygens (including phenoxy) is 1. The van der Waals surface area contributed by atoms with E-state index in [9.17, 15) is 19.1 Å². The molecule has 0 saturated heterocycles. The standard InChI is InChI=1S/C23H29FN4O4/c1-4-32-8-7-25-11-16(29)12-26-23(31)21-13(2)20(27-14(21)3)10-18-17-9-15(24)5-6-19(17)28-22(18)30/h5-6,9-10,16,25,27,29H,4,7-8,11-12H2,1-3H3,(H,26,31)(H,28,30)/b18-10-. The highest BCUT2D eigenvalue weighted by Gasteiger charge is 2.26. The van der Waals surface area contributed by atoms with Gasteiger partial charge in [0.15, 0.2) is 0 Å². The van der Waals surface area contributed by atoms with E-state index >= 15 is 0 Å². The molecule has 0 spiro atoms. The highest BCUT2D eigenvalue weighted by molar-refractivity contribution is 6.34. The molecule has 2 heterocycles. The first kappa shape index (κ1) is 23.6. The maximum absolute atomic E-state index is 13.7. The minimum atomic E-state index is -0.740. The Morgan fingerprint density at radius 3 is 2.84 bits per heavy atom. The fraction of sp³-hybridized carbons (Fsp3) is 0.391. The summed E-state index contributed by atoms with van der Waals surface area (Å²) in [7, 11) is 0. The molecule has 0 radical (unpaired) electrons. The van der Waals surface area contributed by atoms with E-state index in [-0.39, 0.29) is 18.4 Å². The van der Waals surface area contributed by atoms with Crippen LogP contribution in [0.15, 0.2) is 18.2 Å². The van der Waals surface area contributed by atoms with Crippen molar-refractivity contribution in [1.29, 1.82) is 0 Å². The van der Waals surface area contributed by atoms with E-state index < -0.39 is 11.9 Å². The van der Waals surface area contributed by atoms with E-state index in [1.54, 1.807) is 19.9 Å².